The molecule has 0 spiro atoms. The second-order valence-electron chi connectivity index (χ2n) is 6.29. The number of pyridine rings is 1. The number of hydrogen-bond donors (Lipinski definition) is 1. The third kappa shape index (κ3) is 4.30. The number of hydrogen-bond acceptors (Lipinski definition) is 6. The van der Waals surface area contributed by atoms with Gasteiger partial charge >= 0.3 is 0 Å². The summed E-state index contributed by atoms with van der Waals surface area (Å²) in [4.78, 5) is 18.5. The Labute approximate surface area is 145 Å². The van der Waals surface area contributed by atoms with Gasteiger partial charge in [-0.2, -0.15) is 0 Å². The Morgan fingerprint density at radius 1 is 1.46 bits per heavy atom. The molecule has 0 amide bonds. The van der Waals surface area contributed by atoms with E-state index < -0.39 is 4.92 Å². The van der Waals surface area contributed by atoms with Crippen molar-refractivity contribution in [3.63, 3.8) is 0 Å². The molecule has 2 aromatic heterocycles. The normalized spacial score (nSPS) is 16.2. The maximum atomic E-state index is 10.8. The van der Waals surface area contributed by atoms with E-state index in [1.807, 2.05) is 11.3 Å². The number of rotatable bonds is 6. The standard InChI is InChI=1S/C17H22N4O2S/c1-13-9-17(19-11-16(13)21(22)23)18-10-14-4-6-20(7-5-14)12-15-3-2-8-24-15/h2-3,8-9,11,14H,4-7,10,12H2,1H3,(H,18,19). The SMILES string of the molecule is Cc1cc(NCC2CCN(Cc3cccs3)CC2)ncc1[N+](=O)[O-]. The number of piperidine rings is 1. The minimum atomic E-state index is -0.393. The van der Waals surface area contributed by atoms with Crippen molar-refractivity contribution in [2.45, 2.75) is 26.3 Å². The highest BCUT2D eigenvalue weighted by atomic mass is 32.1. The number of nitrogens with zero attached hydrogens (tertiary/aromatic N) is 3. The van der Waals surface area contributed by atoms with Gasteiger partial charge < -0.3 is 5.32 Å². The highest BCUT2D eigenvalue weighted by Gasteiger charge is 2.20. The molecule has 3 rings (SSSR count). The average molecular weight is 346 g/mol. The molecule has 0 aliphatic carbocycles. The minimum absolute atomic E-state index is 0.0717. The zero-order valence-electron chi connectivity index (χ0n) is 13.8. The molecular weight excluding hydrogens is 324 g/mol. The van der Waals surface area contributed by atoms with Crippen LogP contribution in [0.2, 0.25) is 0 Å². The van der Waals surface area contributed by atoms with Crippen LogP contribution >= 0.6 is 11.3 Å². The van der Waals surface area contributed by atoms with Crippen LogP contribution in [0.3, 0.4) is 0 Å². The van der Waals surface area contributed by atoms with Crippen LogP contribution in [0, 0.1) is 23.0 Å². The zero-order valence-corrected chi connectivity index (χ0v) is 14.6. The Morgan fingerprint density at radius 3 is 2.88 bits per heavy atom. The highest BCUT2D eigenvalue weighted by Crippen LogP contribution is 2.22. The van der Waals surface area contributed by atoms with Gasteiger partial charge in [-0.3, -0.25) is 15.0 Å². The summed E-state index contributed by atoms with van der Waals surface area (Å²) in [5, 5.41) is 16.3. The van der Waals surface area contributed by atoms with Crippen LogP contribution in [0.1, 0.15) is 23.3 Å². The van der Waals surface area contributed by atoms with Gasteiger partial charge in [0, 0.05) is 23.5 Å². The molecule has 0 radical (unpaired) electrons. The van der Waals surface area contributed by atoms with Crippen LogP contribution in [-0.4, -0.2) is 34.4 Å². The van der Waals surface area contributed by atoms with Gasteiger partial charge in [-0.05, 0) is 56.3 Å². The van der Waals surface area contributed by atoms with Crippen LogP contribution in [0.25, 0.3) is 0 Å². The molecule has 0 aromatic carbocycles. The first-order valence-electron chi connectivity index (χ1n) is 8.21. The second kappa shape index (κ2) is 7.72. The third-order valence-electron chi connectivity index (χ3n) is 4.52. The number of nitro groups is 1. The molecule has 7 heteroatoms. The van der Waals surface area contributed by atoms with E-state index in [4.69, 9.17) is 0 Å². The molecule has 3 heterocycles. The van der Waals surface area contributed by atoms with Gasteiger partial charge in [-0.15, -0.1) is 11.3 Å². The van der Waals surface area contributed by atoms with Gasteiger partial charge in [-0.25, -0.2) is 4.98 Å². The Balaban J connectivity index is 1.45. The number of anilines is 1. The summed E-state index contributed by atoms with van der Waals surface area (Å²) < 4.78 is 0. The highest BCUT2D eigenvalue weighted by molar-refractivity contribution is 7.09. The third-order valence-corrected chi connectivity index (χ3v) is 5.38. The number of aromatic nitrogens is 1. The summed E-state index contributed by atoms with van der Waals surface area (Å²) in [7, 11) is 0. The van der Waals surface area contributed by atoms with E-state index in [0.29, 0.717) is 11.5 Å². The molecule has 0 unspecified atom stereocenters. The Bertz CT molecular complexity index is 682. The van der Waals surface area contributed by atoms with E-state index in [-0.39, 0.29) is 5.69 Å². The van der Waals surface area contributed by atoms with Crippen molar-refractivity contribution in [3.8, 4) is 0 Å². The number of thiophene rings is 1. The van der Waals surface area contributed by atoms with E-state index in [1.165, 1.54) is 23.9 Å². The lowest BCUT2D eigenvalue weighted by Gasteiger charge is -2.31. The van der Waals surface area contributed by atoms with E-state index >= 15 is 0 Å². The van der Waals surface area contributed by atoms with Crippen LogP contribution < -0.4 is 5.32 Å². The number of aryl methyl sites for hydroxylation is 1. The lowest BCUT2D eigenvalue weighted by molar-refractivity contribution is -0.385. The van der Waals surface area contributed by atoms with Crippen molar-refractivity contribution in [2.75, 3.05) is 25.0 Å². The molecule has 128 valence electrons. The largest absolute Gasteiger partial charge is 0.370 e. The lowest BCUT2D eigenvalue weighted by atomic mass is 9.97. The van der Waals surface area contributed by atoms with Crippen molar-refractivity contribution >= 4 is 22.8 Å². The Kier molecular flexibility index (Phi) is 5.42. The summed E-state index contributed by atoms with van der Waals surface area (Å²) in [5.41, 5.74) is 0.714. The van der Waals surface area contributed by atoms with E-state index in [1.54, 1.807) is 13.0 Å². The van der Waals surface area contributed by atoms with Crippen molar-refractivity contribution in [1.82, 2.24) is 9.88 Å². The van der Waals surface area contributed by atoms with Gasteiger partial charge in [0.05, 0.1) is 4.92 Å². The average Bonchev–Trinajstić information content (AvgIpc) is 3.07. The number of nitrogens with one attached hydrogen (secondary N) is 1. The minimum Gasteiger partial charge on any atom is -0.370 e. The molecule has 0 atom stereocenters. The Hall–Kier alpha value is -1.99. The second-order valence-corrected chi connectivity index (χ2v) is 7.33. The monoisotopic (exact) mass is 346 g/mol. The molecule has 0 bridgehead atoms. The van der Waals surface area contributed by atoms with Crippen molar-refractivity contribution < 1.29 is 4.92 Å². The predicted molar refractivity (Wildman–Crippen MR) is 96.4 cm³/mol. The summed E-state index contributed by atoms with van der Waals surface area (Å²) in [6, 6.07) is 6.06. The fraction of sp³-hybridized carbons (Fsp3) is 0.471. The van der Waals surface area contributed by atoms with Crippen LogP contribution in [0.4, 0.5) is 11.5 Å². The fourth-order valence-corrected chi connectivity index (χ4v) is 3.80. The first-order chi connectivity index (χ1) is 11.6. The van der Waals surface area contributed by atoms with Gasteiger partial charge in [-0.1, -0.05) is 6.07 Å². The summed E-state index contributed by atoms with van der Waals surface area (Å²) in [6.45, 7) is 5.92. The summed E-state index contributed by atoms with van der Waals surface area (Å²) >= 11 is 1.82. The van der Waals surface area contributed by atoms with Gasteiger partial charge in [0.1, 0.15) is 12.0 Å². The summed E-state index contributed by atoms with van der Waals surface area (Å²) in [5.74, 6) is 1.35. The predicted octanol–water partition coefficient (Wildman–Crippen LogP) is 3.68. The molecule has 1 fully saturated rings. The molecule has 1 saturated heterocycles. The van der Waals surface area contributed by atoms with E-state index in [2.05, 4.69) is 32.7 Å². The fourth-order valence-electron chi connectivity index (χ4n) is 3.06. The maximum Gasteiger partial charge on any atom is 0.290 e. The van der Waals surface area contributed by atoms with Crippen molar-refractivity contribution in [2.24, 2.45) is 5.92 Å². The first-order valence-corrected chi connectivity index (χ1v) is 9.09. The molecule has 1 aliphatic heterocycles. The van der Waals surface area contributed by atoms with Crippen molar-refractivity contribution in [1.29, 1.82) is 0 Å². The molecule has 1 N–H and O–H groups in total. The molecule has 6 nitrogen and oxygen atoms in total. The smallest absolute Gasteiger partial charge is 0.290 e. The van der Waals surface area contributed by atoms with Gasteiger partial charge in [0.2, 0.25) is 0 Å². The quantitative estimate of drug-likeness (QED) is 0.638. The Morgan fingerprint density at radius 2 is 2.25 bits per heavy atom. The zero-order chi connectivity index (χ0) is 16.9. The van der Waals surface area contributed by atoms with E-state index in [9.17, 15) is 10.1 Å². The molecule has 2 aromatic rings. The molecule has 24 heavy (non-hydrogen) atoms. The summed E-state index contributed by atoms with van der Waals surface area (Å²) in [6.07, 6.45) is 3.68. The molecular formula is C17H22N4O2S. The van der Waals surface area contributed by atoms with Crippen LogP contribution in [0.15, 0.2) is 29.8 Å². The number of likely N-dealkylation sites (tertiary alicyclic amines) is 1. The van der Waals surface area contributed by atoms with Crippen LogP contribution in [0.5, 0.6) is 0 Å². The maximum absolute atomic E-state index is 10.8. The van der Waals surface area contributed by atoms with Gasteiger partial charge in [0.15, 0.2) is 0 Å². The molecule has 1 aliphatic rings. The van der Waals surface area contributed by atoms with Crippen LogP contribution in [-0.2, 0) is 6.54 Å². The lowest BCUT2D eigenvalue weighted by Crippen LogP contribution is -2.35. The molecule has 0 saturated carbocycles. The topological polar surface area (TPSA) is 71.3 Å². The van der Waals surface area contributed by atoms with Gasteiger partial charge in [0.25, 0.3) is 5.69 Å². The first kappa shape index (κ1) is 16.9. The van der Waals surface area contributed by atoms with E-state index in [0.717, 1.165) is 32.0 Å². The van der Waals surface area contributed by atoms with Crippen molar-refractivity contribution in [3.05, 3.63) is 50.3 Å².